The summed E-state index contributed by atoms with van der Waals surface area (Å²) in [6, 6.07) is 10.6. The molecule has 0 spiro atoms. The van der Waals surface area contributed by atoms with E-state index in [0.717, 1.165) is 16.9 Å². The summed E-state index contributed by atoms with van der Waals surface area (Å²) in [6.45, 7) is 6.47. The van der Waals surface area contributed by atoms with E-state index in [2.05, 4.69) is 26.6 Å². The van der Waals surface area contributed by atoms with Crippen molar-refractivity contribution in [3.63, 3.8) is 0 Å². The van der Waals surface area contributed by atoms with Gasteiger partial charge in [0.25, 0.3) is 5.91 Å². The van der Waals surface area contributed by atoms with Gasteiger partial charge in [-0.3, -0.25) is 29.3 Å². The minimum Gasteiger partial charge on any atom is -0.495 e. The first kappa shape index (κ1) is 38.0. The molecule has 0 saturated carbocycles. The minimum atomic E-state index is -0.395. The number of rotatable bonds is 19. The number of hydrogen-bond donors (Lipinski definition) is 7. The van der Waals surface area contributed by atoms with Gasteiger partial charge < -0.3 is 47.1 Å². The van der Waals surface area contributed by atoms with Crippen molar-refractivity contribution in [2.24, 2.45) is 5.73 Å². The van der Waals surface area contributed by atoms with E-state index in [1.54, 1.807) is 36.4 Å². The van der Waals surface area contributed by atoms with Gasteiger partial charge in [-0.25, -0.2) is 0 Å². The van der Waals surface area contributed by atoms with Crippen molar-refractivity contribution in [1.82, 2.24) is 26.2 Å². The molecule has 5 amide bonds. The van der Waals surface area contributed by atoms with Crippen molar-refractivity contribution in [2.75, 3.05) is 57.6 Å². The van der Waals surface area contributed by atoms with Crippen LogP contribution in [0.3, 0.4) is 0 Å². The van der Waals surface area contributed by atoms with Crippen LogP contribution < -0.4 is 42.8 Å². The van der Waals surface area contributed by atoms with Crippen molar-refractivity contribution in [3.8, 4) is 5.75 Å². The van der Waals surface area contributed by atoms with Gasteiger partial charge >= 0.3 is 0 Å². The SMILES string of the molecule is CC(CCC(=O)NC=O)N1Cc2c(NC(=O)COCCNCCN/C=C(\N)CNC=O)cccc2C1=O.COc1cc(C)ccc1N. The second kappa shape index (κ2) is 20.8. The molecular weight excluding hydrogens is 608 g/mol. The standard InChI is InChI=1S/C24H35N7O6.C8H11NO/c1-17(5-6-22(34)29-16-33)31-13-20-19(24(31)36)3-2-4-21(20)30-23(35)14-37-10-9-26-7-8-27-11-18(25)12-28-15-32;1-6-3-4-7(9)8(5-6)10-2/h2-4,11,15-17,26-27H,5-10,12-14,25H2,1H3,(H,28,32)(H,30,35)(H,29,33,34);3-5H,9H2,1-2H3/b18-11-;. The number of nitrogens with zero attached hydrogens (tertiary/aromatic N) is 1. The van der Waals surface area contributed by atoms with Crippen LogP contribution in [0.4, 0.5) is 11.4 Å². The zero-order chi connectivity index (χ0) is 34.6. The molecule has 256 valence electrons. The lowest BCUT2D eigenvalue weighted by Gasteiger charge is -2.24. The van der Waals surface area contributed by atoms with Crippen LogP contribution in [-0.2, 0) is 30.5 Å². The number of nitrogens with two attached hydrogens (primary N) is 2. The average molecular weight is 655 g/mol. The monoisotopic (exact) mass is 654 g/mol. The summed E-state index contributed by atoms with van der Waals surface area (Å²) >= 11 is 0. The molecule has 0 radical (unpaired) electrons. The lowest BCUT2D eigenvalue weighted by molar-refractivity contribution is -0.125. The number of carbonyl (C=O) groups is 5. The number of anilines is 2. The highest BCUT2D eigenvalue weighted by molar-refractivity contribution is 6.02. The Hall–Kier alpha value is -5.15. The van der Waals surface area contributed by atoms with Gasteiger partial charge in [-0.05, 0) is 50.1 Å². The fraction of sp³-hybridized carbons (Fsp3) is 0.406. The summed E-state index contributed by atoms with van der Waals surface area (Å²) in [6.07, 6.45) is 3.07. The van der Waals surface area contributed by atoms with E-state index < -0.39 is 5.91 Å². The maximum atomic E-state index is 12.9. The summed E-state index contributed by atoms with van der Waals surface area (Å²) in [4.78, 5) is 59.0. The number of carbonyl (C=O) groups excluding carboxylic acids is 5. The molecular formula is C32H46N8O7. The number of benzene rings is 2. The predicted molar refractivity (Wildman–Crippen MR) is 178 cm³/mol. The number of aryl methyl sites for hydroxylation is 1. The zero-order valence-corrected chi connectivity index (χ0v) is 27.1. The predicted octanol–water partition coefficient (Wildman–Crippen LogP) is 0.350. The molecule has 1 aliphatic rings. The van der Waals surface area contributed by atoms with Gasteiger partial charge in [-0.15, -0.1) is 0 Å². The molecule has 2 aromatic rings. The highest BCUT2D eigenvalue weighted by atomic mass is 16.5. The Balaban J connectivity index is 0.000000651. The Morgan fingerprint density at radius 2 is 1.85 bits per heavy atom. The Bertz CT molecular complexity index is 1390. The van der Waals surface area contributed by atoms with Gasteiger partial charge in [-0.1, -0.05) is 12.1 Å². The third-order valence-corrected chi connectivity index (χ3v) is 6.98. The molecule has 15 nitrogen and oxygen atoms in total. The fourth-order valence-electron chi connectivity index (χ4n) is 4.47. The largest absolute Gasteiger partial charge is 0.495 e. The third-order valence-electron chi connectivity index (χ3n) is 6.98. The molecule has 3 rings (SSSR count). The smallest absolute Gasteiger partial charge is 0.254 e. The summed E-state index contributed by atoms with van der Waals surface area (Å²) in [5.74, 6) is -0.139. The first-order chi connectivity index (χ1) is 22.6. The van der Waals surface area contributed by atoms with Crippen molar-refractivity contribution >= 4 is 41.9 Å². The molecule has 0 bridgehead atoms. The number of methoxy groups -OCH3 is 1. The Morgan fingerprint density at radius 1 is 1.06 bits per heavy atom. The van der Waals surface area contributed by atoms with Crippen LogP contribution in [-0.4, -0.2) is 88.0 Å². The minimum absolute atomic E-state index is 0.123. The number of hydrogen-bond acceptors (Lipinski definition) is 11. The maximum absolute atomic E-state index is 12.9. The molecule has 2 aromatic carbocycles. The highest BCUT2D eigenvalue weighted by Crippen LogP contribution is 2.31. The van der Waals surface area contributed by atoms with Crippen LogP contribution in [0.1, 0.15) is 41.3 Å². The molecule has 0 saturated heterocycles. The van der Waals surface area contributed by atoms with Crippen molar-refractivity contribution in [2.45, 2.75) is 39.3 Å². The summed E-state index contributed by atoms with van der Waals surface area (Å²) in [7, 11) is 1.62. The van der Waals surface area contributed by atoms with Crippen molar-refractivity contribution < 1.29 is 33.4 Å². The van der Waals surface area contributed by atoms with Crippen LogP contribution in [0.5, 0.6) is 5.75 Å². The average Bonchev–Trinajstić information content (AvgIpc) is 3.40. The second-order valence-electron chi connectivity index (χ2n) is 10.6. The fourth-order valence-corrected chi connectivity index (χ4v) is 4.47. The van der Waals surface area contributed by atoms with Crippen LogP contribution in [0.25, 0.3) is 0 Å². The van der Waals surface area contributed by atoms with Crippen LogP contribution in [0.15, 0.2) is 48.3 Å². The molecule has 15 heteroatoms. The summed E-state index contributed by atoms with van der Waals surface area (Å²) in [5.41, 5.74) is 15.4. The quantitative estimate of drug-likeness (QED) is 0.0623. The number of fused-ring (bicyclic) bond motifs is 1. The third kappa shape index (κ3) is 13.4. The number of imide groups is 1. The van der Waals surface area contributed by atoms with Gasteiger partial charge in [-0.2, -0.15) is 0 Å². The summed E-state index contributed by atoms with van der Waals surface area (Å²) in [5, 5.41) is 13.5. The maximum Gasteiger partial charge on any atom is 0.254 e. The van der Waals surface area contributed by atoms with Crippen LogP contribution >= 0.6 is 0 Å². The molecule has 1 atom stereocenters. The van der Waals surface area contributed by atoms with E-state index in [1.165, 1.54) is 0 Å². The number of nitrogens with one attached hydrogen (secondary N) is 5. The number of nitrogen functional groups attached to an aromatic ring is 1. The van der Waals surface area contributed by atoms with Gasteiger partial charge in [0.05, 0.1) is 25.9 Å². The molecule has 0 aliphatic carbocycles. The molecule has 9 N–H and O–H groups in total. The van der Waals surface area contributed by atoms with E-state index in [-0.39, 0.29) is 37.4 Å². The first-order valence-corrected chi connectivity index (χ1v) is 15.1. The Morgan fingerprint density at radius 3 is 2.55 bits per heavy atom. The Labute approximate surface area is 274 Å². The highest BCUT2D eigenvalue weighted by Gasteiger charge is 2.32. The van der Waals surface area contributed by atoms with Crippen molar-refractivity contribution in [1.29, 1.82) is 0 Å². The second-order valence-corrected chi connectivity index (χ2v) is 10.6. The molecule has 1 aliphatic heterocycles. The molecule has 0 aromatic heterocycles. The van der Waals surface area contributed by atoms with Gasteiger partial charge in [0, 0.05) is 67.4 Å². The summed E-state index contributed by atoms with van der Waals surface area (Å²) < 4.78 is 10.4. The lowest BCUT2D eigenvalue weighted by Crippen LogP contribution is -2.34. The van der Waals surface area contributed by atoms with Gasteiger partial charge in [0.15, 0.2) is 0 Å². The molecule has 1 unspecified atom stereocenters. The Kier molecular flexibility index (Phi) is 16.8. The van der Waals surface area contributed by atoms with Gasteiger partial charge in [0.1, 0.15) is 12.4 Å². The van der Waals surface area contributed by atoms with Crippen LogP contribution in [0.2, 0.25) is 0 Å². The zero-order valence-electron chi connectivity index (χ0n) is 27.1. The number of ether oxygens (including phenoxy) is 2. The van der Waals surface area contributed by atoms with E-state index in [1.807, 2.05) is 32.0 Å². The van der Waals surface area contributed by atoms with Gasteiger partial charge in [0.2, 0.25) is 24.6 Å². The van der Waals surface area contributed by atoms with E-state index >= 15 is 0 Å². The van der Waals surface area contributed by atoms with Crippen LogP contribution in [0, 0.1) is 6.92 Å². The van der Waals surface area contributed by atoms with E-state index in [9.17, 15) is 24.0 Å². The normalized spacial score (nSPS) is 12.6. The van der Waals surface area contributed by atoms with Crippen molar-refractivity contribution in [3.05, 3.63) is 65.0 Å². The molecule has 47 heavy (non-hydrogen) atoms. The first-order valence-electron chi connectivity index (χ1n) is 15.1. The lowest BCUT2D eigenvalue weighted by atomic mass is 10.1. The number of amides is 5. The molecule has 1 heterocycles. The topological polar surface area (TPSA) is 219 Å². The van der Waals surface area contributed by atoms with E-state index in [0.29, 0.717) is 74.7 Å². The van der Waals surface area contributed by atoms with E-state index in [4.69, 9.17) is 20.9 Å². The molecule has 0 fully saturated rings.